The molecule has 1 N–H and O–H groups in total. The molecule has 0 unspecified atom stereocenters. The van der Waals surface area contributed by atoms with Gasteiger partial charge in [-0.2, -0.15) is 0 Å². The van der Waals surface area contributed by atoms with Gasteiger partial charge >= 0.3 is 5.97 Å². The Morgan fingerprint density at radius 2 is 2.29 bits per heavy atom. The van der Waals surface area contributed by atoms with Crippen LogP contribution in [0, 0.1) is 5.41 Å². The molecule has 3 rings (SSSR count). The van der Waals surface area contributed by atoms with Gasteiger partial charge in [0.15, 0.2) is 0 Å². The first kappa shape index (κ1) is 10.3. The number of aryl methyl sites for hydroxylation is 1. The molecule has 1 fully saturated rings. The smallest absolute Gasteiger partial charge is 0.309 e. The molecule has 4 heteroatoms. The topological polar surface area (TPSA) is 55.1 Å². The number of hydrogen-bond donors (Lipinski definition) is 1. The third-order valence-corrected chi connectivity index (χ3v) is 3.64. The lowest BCUT2D eigenvalue weighted by atomic mass is 9.96. The van der Waals surface area contributed by atoms with Crippen LogP contribution in [0.1, 0.15) is 18.4 Å². The summed E-state index contributed by atoms with van der Waals surface area (Å²) in [4.78, 5) is 15.4. The molecule has 0 amide bonds. The van der Waals surface area contributed by atoms with E-state index in [4.69, 9.17) is 5.11 Å². The summed E-state index contributed by atoms with van der Waals surface area (Å²) in [5.41, 5.74) is 2.58. The first-order valence-corrected chi connectivity index (χ1v) is 5.74. The molecule has 0 spiro atoms. The van der Waals surface area contributed by atoms with Crippen LogP contribution in [0.15, 0.2) is 24.5 Å². The normalized spacial score (nSPS) is 17.2. The molecule has 88 valence electrons. The third-order valence-electron chi connectivity index (χ3n) is 3.64. The Morgan fingerprint density at radius 3 is 2.94 bits per heavy atom. The Morgan fingerprint density at radius 1 is 1.53 bits per heavy atom. The van der Waals surface area contributed by atoms with Crippen molar-refractivity contribution in [3.63, 3.8) is 0 Å². The summed E-state index contributed by atoms with van der Waals surface area (Å²) in [6.45, 7) is 0. The SMILES string of the molecule is Cn1cnc2cc(CC3(C(=O)O)CC3)ccc21. The van der Waals surface area contributed by atoms with E-state index in [-0.39, 0.29) is 0 Å². The zero-order valence-electron chi connectivity index (χ0n) is 9.68. The first-order chi connectivity index (χ1) is 8.11. The van der Waals surface area contributed by atoms with Crippen molar-refractivity contribution < 1.29 is 9.90 Å². The molecule has 0 saturated heterocycles. The minimum atomic E-state index is -0.668. The number of carbonyl (C=O) groups is 1. The fourth-order valence-corrected chi connectivity index (χ4v) is 2.30. The van der Waals surface area contributed by atoms with Gasteiger partial charge < -0.3 is 9.67 Å². The van der Waals surface area contributed by atoms with Crippen LogP contribution in [0.4, 0.5) is 0 Å². The lowest BCUT2D eigenvalue weighted by Gasteiger charge is -2.09. The minimum Gasteiger partial charge on any atom is -0.481 e. The van der Waals surface area contributed by atoms with Crippen molar-refractivity contribution in [2.24, 2.45) is 12.5 Å². The van der Waals surface area contributed by atoms with Crippen LogP contribution >= 0.6 is 0 Å². The number of hydrogen-bond acceptors (Lipinski definition) is 2. The highest BCUT2D eigenvalue weighted by Crippen LogP contribution is 2.48. The van der Waals surface area contributed by atoms with E-state index in [2.05, 4.69) is 4.98 Å². The zero-order chi connectivity index (χ0) is 12.0. The van der Waals surface area contributed by atoms with Crippen molar-refractivity contribution in [2.45, 2.75) is 19.3 Å². The van der Waals surface area contributed by atoms with Crippen molar-refractivity contribution in [2.75, 3.05) is 0 Å². The lowest BCUT2D eigenvalue weighted by molar-refractivity contribution is -0.143. The number of carboxylic acids is 1. The van der Waals surface area contributed by atoms with Gasteiger partial charge in [-0.15, -0.1) is 0 Å². The van der Waals surface area contributed by atoms with E-state index in [1.807, 2.05) is 29.8 Å². The van der Waals surface area contributed by atoms with E-state index < -0.39 is 11.4 Å². The molecule has 1 saturated carbocycles. The highest BCUT2D eigenvalue weighted by molar-refractivity contribution is 5.79. The largest absolute Gasteiger partial charge is 0.481 e. The Kier molecular flexibility index (Phi) is 2.02. The highest BCUT2D eigenvalue weighted by Gasteiger charge is 2.49. The van der Waals surface area contributed by atoms with E-state index in [9.17, 15) is 4.79 Å². The number of aliphatic carboxylic acids is 1. The van der Waals surface area contributed by atoms with Crippen LogP contribution in [0.5, 0.6) is 0 Å². The number of fused-ring (bicyclic) bond motifs is 1. The molecule has 0 atom stereocenters. The Bertz CT molecular complexity index is 596. The minimum absolute atomic E-state index is 0.498. The molecule has 1 heterocycles. The maximum atomic E-state index is 11.1. The fraction of sp³-hybridized carbons (Fsp3) is 0.385. The van der Waals surface area contributed by atoms with E-state index in [1.165, 1.54) is 0 Å². The van der Waals surface area contributed by atoms with Crippen molar-refractivity contribution >= 4 is 17.0 Å². The maximum Gasteiger partial charge on any atom is 0.309 e. The second-order valence-electron chi connectivity index (χ2n) is 4.94. The van der Waals surface area contributed by atoms with Gasteiger partial charge in [-0.1, -0.05) is 6.07 Å². The second-order valence-corrected chi connectivity index (χ2v) is 4.94. The van der Waals surface area contributed by atoms with Gasteiger partial charge in [-0.05, 0) is 37.0 Å². The molecule has 2 aromatic rings. The van der Waals surface area contributed by atoms with E-state index in [1.54, 1.807) is 6.33 Å². The van der Waals surface area contributed by atoms with E-state index in [0.717, 1.165) is 29.4 Å². The van der Waals surface area contributed by atoms with Crippen molar-refractivity contribution in [1.29, 1.82) is 0 Å². The van der Waals surface area contributed by atoms with Gasteiger partial charge in [0, 0.05) is 7.05 Å². The first-order valence-electron chi connectivity index (χ1n) is 5.74. The molecule has 1 aliphatic rings. The molecule has 1 aromatic heterocycles. The average Bonchev–Trinajstić information content (AvgIpc) is 2.99. The van der Waals surface area contributed by atoms with Gasteiger partial charge in [-0.25, -0.2) is 4.98 Å². The van der Waals surface area contributed by atoms with Crippen molar-refractivity contribution in [1.82, 2.24) is 9.55 Å². The average molecular weight is 230 g/mol. The Hall–Kier alpha value is -1.84. The quantitative estimate of drug-likeness (QED) is 0.877. The molecule has 0 radical (unpaired) electrons. The Balaban J connectivity index is 1.94. The van der Waals surface area contributed by atoms with Gasteiger partial charge in [0.25, 0.3) is 0 Å². The molecule has 4 nitrogen and oxygen atoms in total. The van der Waals surface area contributed by atoms with Crippen LogP contribution in [-0.2, 0) is 18.3 Å². The summed E-state index contributed by atoms with van der Waals surface area (Å²) in [5.74, 6) is -0.668. The predicted molar refractivity (Wildman–Crippen MR) is 63.7 cm³/mol. The summed E-state index contributed by atoms with van der Waals surface area (Å²) in [6.07, 6.45) is 3.98. The summed E-state index contributed by atoms with van der Waals surface area (Å²) >= 11 is 0. The van der Waals surface area contributed by atoms with Crippen molar-refractivity contribution in [3.05, 3.63) is 30.1 Å². The van der Waals surface area contributed by atoms with E-state index >= 15 is 0 Å². The highest BCUT2D eigenvalue weighted by atomic mass is 16.4. The number of carboxylic acid groups (broad SMARTS) is 1. The molecule has 17 heavy (non-hydrogen) atoms. The van der Waals surface area contributed by atoms with Crippen LogP contribution in [0.25, 0.3) is 11.0 Å². The molecule has 0 bridgehead atoms. The lowest BCUT2D eigenvalue weighted by Crippen LogP contribution is -2.17. The summed E-state index contributed by atoms with van der Waals surface area (Å²) < 4.78 is 1.96. The predicted octanol–water partition coefficient (Wildman–Crippen LogP) is 1.98. The van der Waals surface area contributed by atoms with Crippen LogP contribution in [-0.4, -0.2) is 20.6 Å². The molecule has 0 aliphatic heterocycles. The summed E-state index contributed by atoms with van der Waals surface area (Å²) in [7, 11) is 1.95. The number of nitrogens with zero attached hydrogens (tertiary/aromatic N) is 2. The molecular weight excluding hydrogens is 216 g/mol. The van der Waals surface area contributed by atoms with Gasteiger partial charge in [0.1, 0.15) is 0 Å². The van der Waals surface area contributed by atoms with Gasteiger partial charge in [0.2, 0.25) is 0 Å². The fourth-order valence-electron chi connectivity index (χ4n) is 2.30. The molecular formula is C13H14N2O2. The second kappa shape index (κ2) is 3.32. The standard InChI is InChI=1S/C13H14N2O2/c1-15-8-14-10-6-9(2-3-11(10)15)7-13(4-5-13)12(16)17/h2-3,6,8H,4-5,7H2,1H3,(H,16,17). The number of imidazole rings is 1. The summed E-state index contributed by atoms with van der Waals surface area (Å²) in [6, 6.07) is 6.01. The maximum absolute atomic E-state index is 11.1. The number of rotatable bonds is 3. The van der Waals surface area contributed by atoms with Gasteiger partial charge in [-0.3, -0.25) is 4.79 Å². The third kappa shape index (κ3) is 1.60. The molecule has 1 aliphatic carbocycles. The summed E-state index contributed by atoms with van der Waals surface area (Å²) in [5, 5.41) is 9.16. The van der Waals surface area contributed by atoms with Crippen molar-refractivity contribution in [3.8, 4) is 0 Å². The zero-order valence-corrected chi connectivity index (χ0v) is 9.68. The number of aromatic nitrogens is 2. The monoisotopic (exact) mass is 230 g/mol. The van der Waals surface area contributed by atoms with Crippen LogP contribution < -0.4 is 0 Å². The van der Waals surface area contributed by atoms with Crippen LogP contribution in [0.2, 0.25) is 0 Å². The van der Waals surface area contributed by atoms with Gasteiger partial charge in [0.05, 0.1) is 22.8 Å². The van der Waals surface area contributed by atoms with E-state index in [0.29, 0.717) is 6.42 Å². The molecule has 1 aromatic carbocycles. The van der Waals surface area contributed by atoms with Crippen LogP contribution in [0.3, 0.4) is 0 Å². The number of benzene rings is 1. The Labute approximate surface area is 98.9 Å².